The number of aromatic nitrogens is 5. The van der Waals surface area contributed by atoms with Gasteiger partial charge in [-0.05, 0) is 55.3 Å². The number of imidazole rings is 1. The molecule has 0 radical (unpaired) electrons. The number of aromatic amines is 1. The van der Waals surface area contributed by atoms with Gasteiger partial charge in [-0.15, -0.1) is 0 Å². The zero-order chi connectivity index (χ0) is 21.9. The van der Waals surface area contributed by atoms with Crippen LogP contribution < -0.4 is 5.56 Å². The highest BCUT2D eigenvalue weighted by molar-refractivity contribution is 6.02. The first kappa shape index (κ1) is 19.0. The molecular weight excluding hydrogens is 390 g/mol. The molecule has 0 bridgehead atoms. The van der Waals surface area contributed by atoms with Crippen LogP contribution in [0, 0.1) is 13.8 Å². The molecule has 154 valence electrons. The molecule has 5 rings (SSSR count). The van der Waals surface area contributed by atoms with Gasteiger partial charge in [0.2, 0.25) is 0 Å². The van der Waals surface area contributed by atoms with Crippen LogP contribution in [0.15, 0.2) is 53.6 Å². The maximum absolute atomic E-state index is 12.7. The van der Waals surface area contributed by atoms with Crippen molar-refractivity contribution in [1.29, 1.82) is 0 Å². The first-order chi connectivity index (χ1) is 14.8. The van der Waals surface area contributed by atoms with Crippen molar-refractivity contribution in [3.63, 3.8) is 0 Å². The van der Waals surface area contributed by atoms with Gasteiger partial charge in [-0.2, -0.15) is 0 Å². The van der Waals surface area contributed by atoms with E-state index < -0.39 is 0 Å². The number of nitrogens with zero attached hydrogens (tertiary/aromatic N) is 4. The van der Waals surface area contributed by atoms with Crippen molar-refractivity contribution in [1.82, 2.24) is 24.1 Å². The molecule has 1 aromatic carbocycles. The molecule has 0 atom stereocenters. The molecule has 0 aliphatic heterocycles. The average molecular weight is 411 g/mol. The van der Waals surface area contributed by atoms with E-state index >= 15 is 0 Å². The van der Waals surface area contributed by atoms with Crippen LogP contribution in [0.4, 0.5) is 0 Å². The van der Waals surface area contributed by atoms with Crippen molar-refractivity contribution in [2.45, 2.75) is 20.8 Å². The molecule has 0 fully saturated rings. The number of hydrogen-bond donors (Lipinski definition) is 1. The predicted octanol–water partition coefficient (Wildman–Crippen LogP) is 4.09. The van der Waals surface area contributed by atoms with Crippen molar-refractivity contribution in [2.75, 3.05) is 0 Å². The van der Waals surface area contributed by atoms with Gasteiger partial charge >= 0.3 is 0 Å². The van der Waals surface area contributed by atoms with Crippen LogP contribution in [0.25, 0.3) is 39.1 Å². The Morgan fingerprint density at radius 1 is 1.10 bits per heavy atom. The van der Waals surface area contributed by atoms with Gasteiger partial charge in [0.05, 0.1) is 11.2 Å². The fraction of sp³-hybridized carbons (Fsp3) is 0.167. The van der Waals surface area contributed by atoms with Crippen LogP contribution in [0.5, 0.6) is 0 Å². The number of pyridine rings is 2. The maximum Gasteiger partial charge on any atom is 0.274 e. The smallest absolute Gasteiger partial charge is 0.274 e. The molecule has 0 saturated carbocycles. The highest BCUT2D eigenvalue weighted by Crippen LogP contribution is 2.32. The summed E-state index contributed by atoms with van der Waals surface area (Å²) in [6.07, 6.45) is 3.48. The third-order valence-electron chi connectivity index (χ3n) is 5.48. The van der Waals surface area contributed by atoms with E-state index in [0.29, 0.717) is 28.1 Å². The number of fused-ring (bicyclic) bond motifs is 2. The normalized spacial score (nSPS) is 11.5. The summed E-state index contributed by atoms with van der Waals surface area (Å²) in [5, 5.41) is 0.661. The van der Waals surface area contributed by atoms with Gasteiger partial charge in [0, 0.05) is 43.0 Å². The Hall–Kier alpha value is -4.00. The quantitative estimate of drug-likeness (QED) is 0.453. The van der Waals surface area contributed by atoms with Crippen molar-refractivity contribution in [2.24, 2.45) is 7.05 Å². The number of carbonyl (C=O) groups excluding carboxylic acids is 1. The topological polar surface area (TPSA) is 85.6 Å². The van der Waals surface area contributed by atoms with Gasteiger partial charge in [-0.3, -0.25) is 14.2 Å². The predicted molar refractivity (Wildman–Crippen MR) is 121 cm³/mol. The van der Waals surface area contributed by atoms with Crippen LogP contribution in [0.3, 0.4) is 0 Å². The standard InChI is InChI=1S/C24H21N5O2/c1-13-8-14(2)10-16(9-13)29-20-6-5-7-25-22(20)27-23(29)18-12-28(4)24(31)21-17(18)11-19(26-21)15(3)30/h5-12,26H,1-4H3. The number of ketones is 1. The Morgan fingerprint density at radius 3 is 2.55 bits per heavy atom. The molecule has 4 aromatic heterocycles. The molecule has 4 heterocycles. The number of Topliss-reactive ketones (excluding diaryl/α,β-unsaturated/α-hetero) is 1. The molecule has 0 amide bonds. The second-order valence-electron chi connectivity index (χ2n) is 7.95. The summed E-state index contributed by atoms with van der Waals surface area (Å²) in [5.74, 6) is 0.530. The summed E-state index contributed by atoms with van der Waals surface area (Å²) in [4.78, 5) is 37.0. The van der Waals surface area contributed by atoms with Crippen LogP contribution in [-0.2, 0) is 7.05 Å². The number of benzene rings is 1. The number of carbonyl (C=O) groups is 1. The fourth-order valence-electron chi connectivity index (χ4n) is 4.14. The number of aryl methyl sites for hydroxylation is 3. The van der Waals surface area contributed by atoms with E-state index in [1.54, 1.807) is 25.5 Å². The second kappa shape index (κ2) is 6.77. The lowest BCUT2D eigenvalue weighted by Gasteiger charge is -2.13. The van der Waals surface area contributed by atoms with Crippen LogP contribution >= 0.6 is 0 Å². The van der Waals surface area contributed by atoms with E-state index in [9.17, 15) is 9.59 Å². The van der Waals surface area contributed by atoms with Crippen molar-refractivity contribution in [3.05, 3.63) is 76.0 Å². The Balaban J connectivity index is 1.93. The summed E-state index contributed by atoms with van der Waals surface area (Å²) in [7, 11) is 1.70. The molecule has 31 heavy (non-hydrogen) atoms. The van der Waals surface area contributed by atoms with E-state index in [1.807, 2.05) is 12.1 Å². The molecule has 0 aliphatic rings. The van der Waals surface area contributed by atoms with E-state index in [0.717, 1.165) is 27.9 Å². The monoisotopic (exact) mass is 411 g/mol. The first-order valence-electron chi connectivity index (χ1n) is 9.99. The zero-order valence-corrected chi connectivity index (χ0v) is 17.7. The van der Waals surface area contributed by atoms with E-state index in [2.05, 4.69) is 46.6 Å². The number of rotatable bonds is 3. The molecule has 7 heteroatoms. The molecule has 0 spiro atoms. The van der Waals surface area contributed by atoms with Gasteiger partial charge < -0.3 is 9.55 Å². The minimum atomic E-state index is -0.196. The van der Waals surface area contributed by atoms with Crippen molar-refractivity contribution >= 4 is 27.9 Å². The third kappa shape index (κ3) is 2.97. The summed E-state index contributed by atoms with van der Waals surface area (Å²) < 4.78 is 3.57. The summed E-state index contributed by atoms with van der Waals surface area (Å²) in [6.45, 7) is 5.59. The molecule has 0 saturated heterocycles. The lowest BCUT2D eigenvalue weighted by molar-refractivity contribution is 0.101. The number of nitrogens with one attached hydrogen (secondary N) is 1. The summed E-state index contributed by atoms with van der Waals surface area (Å²) in [5.41, 5.74) is 6.05. The Kier molecular flexibility index (Phi) is 4.15. The van der Waals surface area contributed by atoms with Gasteiger partial charge in [0.25, 0.3) is 5.56 Å². The van der Waals surface area contributed by atoms with Gasteiger partial charge in [0.1, 0.15) is 11.3 Å². The highest BCUT2D eigenvalue weighted by atomic mass is 16.1. The lowest BCUT2D eigenvalue weighted by atomic mass is 10.1. The Labute approximate surface area is 178 Å². The summed E-state index contributed by atoms with van der Waals surface area (Å²) >= 11 is 0. The van der Waals surface area contributed by atoms with E-state index in [1.165, 1.54) is 11.5 Å². The third-order valence-corrected chi connectivity index (χ3v) is 5.48. The first-order valence-corrected chi connectivity index (χ1v) is 9.99. The van der Waals surface area contributed by atoms with E-state index in [4.69, 9.17) is 4.98 Å². The van der Waals surface area contributed by atoms with Crippen LogP contribution in [0.1, 0.15) is 28.5 Å². The molecule has 7 nitrogen and oxygen atoms in total. The fourth-order valence-corrected chi connectivity index (χ4v) is 4.14. The molecule has 5 aromatic rings. The zero-order valence-electron chi connectivity index (χ0n) is 17.7. The van der Waals surface area contributed by atoms with Crippen LogP contribution in [0.2, 0.25) is 0 Å². The van der Waals surface area contributed by atoms with Gasteiger partial charge in [-0.25, -0.2) is 9.97 Å². The minimum Gasteiger partial charge on any atom is -0.348 e. The number of H-pyrrole nitrogens is 1. The van der Waals surface area contributed by atoms with Crippen molar-refractivity contribution < 1.29 is 4.79 Å². The average Bonchev–Trinajstić information content (AvgIpc) is 3.32. The maximum atomic E-state index is 12.7. The number of hydrogen-bond acceptors (Lipinski definition) is 4. The SMILES string of the molecule is CC(=O)c1cc2c(-c3nc4ncccc4n3-c3cc(C)cc(C)c3)cn(C)c(=O)c2[nH]1. The molecule has 1 N–H and O–H groups in total. The second-order valence-corrected chi connectivity index (χ2v) is 7.95. The molecule has 0 aliphatic carbocycles. The molecular formula is C24H21N5O2. The Bertz CT molecular complexity index is 1550. The van der Waals surface area contributed by atoms with E-state index in [-0.39, 0.29) is 11.3 Å². The summed E-state index contributed by atoms with van der Waals surface area (Å²) in [6, 6.07) is 11.9. The van der Waals surface area contributed by atoms with Gasteiger partial charge in [0.15, 0.2) is 11.4 Å². The van der Waals surface area contributed by atoms with Crippen LogP contribution in [-0.4, -0.2) is 29.9 Å². The molecule has 0 unspecified atom stereocenters. The Morgan fingerprint density at radius 2 is 1.84 bits per heavy atom. The lowest BCUT2D eigenvalue weighted by Crippen LogP contribution is -2.17. The largest absolute Gasteiger partial charge is 0.348 e. The van der Waals surface area contributed by atoms with Gasteiger partial charge in [-0.1, -0.05) is 6.07 Å². The minimum absolute atomic E-state index is 0.131. The van der Waals surface area contributed by atoms with Crippen molar-refractivity contribution in [3.8, 4) is 17.1 Å². The highest BCUT2D eigenvalue weighted by Gasteiger charge is 2.21.